The summed E-state index contributed by atoms with van der Waals surface area (Å²) in [7, 11) is 0. The quantitative estimate of drug-likeness (QED) is 0.783. The third-order valence-corrected chi connectivity index (χ3v) is 3.93. The first-order chi connectivity index (χ1) is 9.36. The second-order valence-electron chi connectivity index (χ2n) is 6.21. The van der Waals surface area contributed by atoms with Gasteiger partial charge in [-0.25, -0.2) is 0 Å². The summed E-state index contributed by atoms with van der Waals surface area (Å²) in [5.41, 5.74) is -0.351. The molecule has 1 aliphatic rings. The lowest BCUT2D eigenvalue weighted by Crippen LogP contribution is -2.48. The van der Waals surface area contributed by atoms with Gasteiger partial charge < -0.3 is 10.4 Å². The van der Waals surface area contributed by atoms with E-state index in [1.54, 1.807) is 0 Å². The van der Waals surface area contributed by atoms with Crippen LogP contribution in [0.4, 0.5) is 0 Å². The zero-order valence-electron chi connectivity index (χ0n) is 12.0. The van der Waals surface area contributed by atoms with Crippen LogP contribution >= 0.6 is 0 Å². The first-order valence-electron chi connectivity index (χ1n) is 6.96. The van der Waals surface area contributed by atoms with Crippen molar-refractivity contribution in [2.45, 2.75) is 45.1 Å². The summed E-state index contributed by atoms with van der Waals surface area (Å²) in [5.74, 6) is -1.35. The molecule has 1 aliphatic carbocycles. The minimum absolute atomic E-state index is 0.344. The minimum Gasteiger partial charge on any atom is -0.480 e. The van der Waals surface area contributed by atoms with Gasteiger partial charge in [-0.05, 0) is 45.1 Å². The van der Waals surface area contributed by atoms with Crippen LogP contribution in [0.2, 0.25) is 0 Å². The molecule has 0 radical (unpaired) electrons. The van der Waals surface area contributed by atoms with E-state index in [9.17, 15) is 9.59 Å². The van der Waals surface area contributed by atoms with Crippen LogP contribution in [0.1, 0.15) is 38.7 Å². The second kappa shape index (κ2) is 5.27. The van der Waals surface area contributed by atoms with E-state index in [0.717, 1.165) is 12.8 Å². The summed E-state index contributed by atoms with van der Waals surface area (Å²) >= 11 is 0. The molecular formula is C16H21NO3. The van der Waals surface area contributed by atoms with Gasteiger partial charge in [-0.2, -0.15) is 0 Å². The fraction of sp³-hybridized carbons (Fsp3) is 0.500. The maximum atomic E-state index is 12.1. The zero-order valence-corrected chi connectivity index (χ0v) is 12.0. The summed E-state index contributed by atoms with van der Waals surface area (Å²) in [4.78, 5) is 23.2. The van der Waals surface area contributed by atoms with Crippen molar-refractivity contribution in [2.24, 2.45) is 5.41 Å². The number of carbonyl (C=O) groups is 2. The van der Waals surface area contributed by atoms with Crippen molar-refractivity contribution >= 4 is 11.9 Å². The molecule has 20 heavy (non-hydrogen) atoms. The van der Waals surface area contributed by atoms with E-state index < -0.39 is 16.9 Å². The maximum Gasteiger partial charge on any atom is 0.319 e. The second-order valence-corrected chi connectivity index (χ2v) is 6.21. The highest BCUT2D eigenvalue weighted by atomic mass is 16.4. The average molecular weight is 275 g/mol. The van der Waals surface area contributed by atoms with Gasteiger partial charge in [-0.15, -0.1) is 0 Å². The standard InChI is InChI=1S/C16H21NO3/c1-15(2,9-8-12-6-4-3-5-7-12)17-13(18)16(10-11-16)14(19)20/h3-7H,8-11H2,1-2H3,(H,17,18)(H,19,20). The van der Waals surface area contributed by atoms with E-state index in [0.29, 0.717) is 12.8 Å². The lowest BCUT2D eigenvalue weighted by Gasteiger charge is -2.28. The van der Waals surface area contributed by atoms with Gasteiger partial charge in [0.25, 0.3) is 0 Å². The van der Waals surface area contributed by atoms with E-state index >= 15 is 0 Å². The van der Waals surface area contributed by atoms with Gasteiger partial charge in [0.1, 0.15) is 5.41 Å². The molecule has 2 rings (SSSR count). The SMILES string of the molecule is CC(C)(CCc1ccccc1)NC(=O)C1(C(=O)O)CC1. The predicted octanol–water partition coefficient (Wildman–Crippen LogP) is 2.38. The van der Waals surface area contributed by atoms with Gasteiger partial charge in [0.15, 0.2) is 0 Å². The molecule has 1 aromatic rings. The fourth-order valence-corrected chi connectivity index (χ4v) is 2.25. The van der Waals surface area contributed by atoms with E-state index in [-0.39, 0.29) is 5.91 Å². The lowest BCUT2D eigenvalue weighted by molar-refractivity contribution is -0.149. The van der Waals surface area contributed by atoms with Crippen LogP contribution in [-0.2, 0) is 16.0 Å². The van der Waals surface area contributed by atoms with Crippen molar-refractivity contribution in [3.05, 3.63) is 35.9 Å². The van der Waals surface area contributed by atoms with Gasteiger partial charge in [-0.3, -0.25) is 9.59 Å². The molecule has 0 spiro atoms. The molecule has 0 unspecified atom stereocenters. The number of rotatable bonds is 6. The van der Waals surface area contributed by atoms with Crippen molar-refractivity contribution < 1.29 is 14.7 Å². The molecule has 0 atom stereocenters. The Morgan fingerprint density at radius 2 is 1.85 bits per heavy atom. The third-order valence-electron chi connectivity index (χ3n) is 3.93. The van der Waals surface area contributed by atoms with E-state index in [4.69, 9.17) is 5.11 Å². The normalized spacial score (nSPS) is 16.5. The number of carboxylic acid groups (broad SMARTS) is 1. The van der Waals surface area contributed by atoms with E-state index in [2.05, 4.69) is 17.4 Å². The van der Waals surface area contributed by atoms with Crippen molar-refractivity contribution in [3.63, 3.8) is 0 Å². The Morgan fingerprint density at radius 3 is 2.35 bits per heavy atom. The number of hydrogen-bond donors (Lipinski definition) is 2. The summed E-state index contributed by atoms with van der Waals surface area (Å²) < 4.78 is 0. The topological polar surface area (TPSA) is 66.4 Å². The van der Waals surface area contributed by atoms with Crippen LogP contribution in [0.5, 0.6) is 0 Å². The smallest absolute Gasteiger partial charge is 0.319 e. The van der Waals surface area contributed by atoms with Crippen molar-refractivity contribution in [1.29, 1.82) is 0 Å². The molecule has 0 aromatic heterocycles. The first-order valence-corrected chi connectivity index (χ1v) is 6.96. The van der Waals surface area contributed by atoms with Crippen LogP contribution in [0.15, 0.2) is 30.3 Å². The molecule has 0 bridgehead atoms. The highest BCUT2D eigenvalue weighted by molar-refractivity contribution is 6.05. The summed E-state index contributed by atoms with van der Waals surface area (Å²) in [6, 6.07) is 10.1. The molecule has 1 aromatic carbocycles. The fourth-order valence-electron chi connectivity index (χ4n) is 2.25. The van der Waals surface area contributed by atoms with E-state index in [1.165, 1.54) is 5.56 Å². The van der Waals surface area contributed by atoms with Gasteiger partial charge in [0.05, 0.1) is 0 Å². The van der Waals surface area contributed by atoms with Crippen molar-refractivity contribution in [3.8, 4) is 0 Å². The lowest BCUT2D eigenvalue weighted by atomic mass is 9.93. The Morgan fingerprint density at radius 1 is 1.25 bits per heavy atom. The number of nitrogens with one attached hydrogen (secondary N) is 1. The van der Waals surface area contributed by atoms with Crippen molar-refractivity contribution in [1.82, 2.24) is 5.32 Å². The van der Waals surface area contributed by atoms with Crippen LogP contribution in [0, 0.1) is 5.41 Å². The molecule has 1 saturated carbocycles. The Bertz CT molecular complexity index is 504. The molecule has 1 fully saturated rings. The minimum atomic E-state index is -1.16. The molecular weight excluding hydrogens is 254 g/mol. The van der Waals surface area contributed by atoms with Gasteiger partial charge in [0.2, 0.25) is 5.91 Å². The molecule has 2 N–H and O–H groups in total. The van der Waals surface area contributed by atoms with Gasteiger partial charge in [-0.1, -0.05) is 30.3 Å². The average Bonchev–Trinajstić information content (AvgIpc) is 3.19. The van der Waals surface area contributed by atoms with Crippen LogP contribution < -0.4 is 5.32 Å². The Kier molecular flexibility index (Phi) is 3.84. The molecule has 4 heteroatoms. The van der Waals surface area contributed by atoms with Crippen LogP contribution in [0.3, 0.4) is 0 Å². The number of carboxylic acids is 1. The number of benzene rings is 1. The number of amides is 1. The van der Waals surface area contributed by atoms with E-state index in [1.807, 2.05) is 32.0 Å². The monoisotopic (exact) mass is 275 g/mol. The molecule has 0 saturated heterocycles. The Hall–Kier alpha value is -1.84. The number of hydrogen-bond acceptors (Lipinski definition) is 2. The molecule has 1 amide bonds. The van der Waals surface area contributed by atoms with Gasteiger partial charge in [0, 0.05) is 5.54 Å². The molecule has 0 aliphatic heterocycles. The van der Waals surface area contributed by atoms with Crippen LogP contribution in [0.25, 0.3) is 0 Å². The predicted molar refractivity (Wildman–Crippen MR) is 76.3 cm³/mol. The zero-order chi connectivity index (χ0) is 14.8. The highest BCUT2D eigenvalue weighted by Gasteiger charge is 2.57. The van der Waals surface area contributed by atoms with Gasteiger partial charge >= 0.3 is 5.97 Å². The number of carbonyl (C=O) groups excluding carboxylic acids is 1. The highest BCUT2D eigenvalue weighted by Crippen LogP contribution is 2.46. The molecule has 0 heterocycles. The Labute approximate surface area is 119 Å². The number of aryl methyl sites for hydroxylation is 1. The summed E-state index contributed by atoms with van der Waals surface area (Å²) in [6.07, 6.45) is 2.53. The maximum absolute atomic E-state index is 12.1. The molecule has 4 nitrogen and oxygen atoms in total. The number of aliphatic carboxylic acids is 1. The van der Waals surface area contributed by atoms with Crippen molar-refractivity contribution in [2.75, 3.05) is 0 Å². The first kappa shape index (κ1) is 14.6. The summed E-state index contributed by atoms with van der Waals surface area (Å²) in [6.45, 7) is 3.87. The largest absolute Gasteiger partial charge is 0.480 e. The molecule has 108 valence electrons. The van der Waals surface area contributed by atoms with Crippen LogP contribution in [-0.4, -0.2) is 22.5 Å². The summed E-state index contributed by atoms with van der Waals surface area (Å²) in [5, 5.41) is 12.0. The third kappa shape index (κ3) is 3.18. The Balaban J connectivity index is 1.91.